The van der Waals surface area contributed by atoms with Gasteiger partial charge in [0.1, 0.15) is 11.5 Å². The smallest absolute Gasteiger partial charge is 0.275 e. The molecule has 2 aromatic rings. The van der Waals surface area contributed by atoms with Gasteiger partial charge in [0.05, 0.1) is 5.69 Å². The van der Waals surface area contributed by atoms with Crippen LogP contribution in [0.4, 0.5) is 4.39 Å². The molecule has 3 nitrogen and oxygen atoms in total. The van der Waals surface area contributed by atoms with E-state index in [1.54, 1.807) is 22.9 Å². The van der Waals surface area contributed by atoms with Crippen LogP contribution in [0.3, 0.4) is 0 Å². The molecule has 1 aromatic heterocycles. The van der Waals surface area contributed by atoms with Crippen LogP contribution in [-0.4, -0.2) is 9.36 Å². The molecule has 4 heteroatoms. The van der Waals surface area contributed by atoms with Crippen LogP contribution in [0.5, 0.6) is 0 Å². The summed E-state index contributed by atoms with van der Waals surface area (Å²) in [7, 11) is 0. The van der Waals surface area contributed by atoms with Gasteiger partial charge in [-0.3, -0.25) is 9.48 Å². The summed E-state index contributed by atoms with van der Waals surface area (Å²) < 4.78 is 18.1. The van der Waals surface area contributed by atoms with Crippen LogP contribution in [0.2, 0.25) is 0 Å². The summed E-state index contributed by atoms with van der Waals surface area (Å²) in [6.45, 7) is 11.0. The molecule has 0 unspecified atom stereocenters. The molecule has 2 aliphatic carbocycles. The van der Waals surface area contributed by atoms with Gasteiger partial charge >= 0.3 is 0 Å². The van der Waals surface area contributed by atoms with Crippen LogP contribution in [0.25, 0.3) is 5.69 Å². The predicted octanol–water partition coefficient (Wildman–Crippen LogP) is 4.53. The maximum absolute atomic E-state index is 14.4. The number of benzene rings is 1. The van der Waals surface area contributed by atoms with Crippen molar-refractivity contribution in [3.05, 3.63) is 51.7 Å². The van der Waals surface area contributed by atoms with E-state index in [2.05, 4.69) is 39.3 Å². The molecule has 0 N–H and O–H groups in total. The van der Waals surface area contributed by atoms with Gasteiger partial charge in [-0.15, -0.1) is 0 Å². The predicted molar refractivity (Wildman–Crippen MR) is 93.5 cm³/mol. The fourth-order valence-corrected chi connectivity index (χ4v) is 5.17. The Labute approximate surface area is 142 Å². The summed E-state index contributed by atoms with van der Waals surface area (Å²) in [6.07, 6.45) is 2.14. The number of nitrogens with zero attached hydrogens (tertiary/aromatic N) is 2. The zero-order valence-electron chi connectivity index (χ0n) is 15.1. The fraction of sp³-hybridized carbons (Fsp3) is 0.550. The van der Waals surface area contributed by atoms with E-state index in [9.17, 15) is 9.18 Å². The van der Waals surface area contributed by atoms with Gasteiger partial charge in [0.15, 0.2) is 0 Å². The number of aromatic nitrogens is 2. The quantitative estimate of drug-likeness (QED) is 0.795. The van der Waals surface area contributed by atoms with Crippen molar-refractivity contribution in [2.24, 2.45) is 5.41 Å². The normalized spacial score (nSPS) is 27.0. The SMILES string of the molecule is CC(C)n1c2c(c(=O)n1-c1ccccc1F)[C@H]1CC[C@]2(C)C1(C)C. The number of hydrogen-bond donors (Lipinski definition) is 0. The first-order chi connectivity index (χ1) is 11.2. The van der Waals surface area contributed by atoms with Crippen LogP contribution in [-0.2, 0) is 5.41 Å². The lowest BCUT2D eigenvalue weighted by Crippen LogP contribution is -2.36. The van der Waals surface area contributed by atoms with Gasteiger partial charge in [-0.1, -0.05) is 32.9 Å². The first-order valence-electron chi connectivity index (χ1n) is 8.84. The molecule has 0 amide bonds. The third-order valence-electron chi connectivity index (χ3n) is 6.79. The molecule has 2 atom stereocenters. The summed E-state index contributed by atoms with van der Waals surface area (Å²) >= 11 is 0. The Morgan fingerprint density at radius 1 is 1.21 bits per heavy atom. The first-order valence-corrected chi connectivity index (χ1v) is 8.84. The molecule has 1 saturated carbocycles. The van der Waals surface area contributed by atoms with E-state index in [1.807, 2.05) is 0 Å². The summed E-state index contributed by atoms with van der Waals surface area (Å²) in [4.78, 5) is 13.3. The van der Waals surface area contributed by atoms with E-state index >= 15 is 0 Å². The average molecular weight is 328 g/mol. The van der Waals surface area contributed by atoms with E-state index in [1.165, 1.54) is 6.07 Å². The van der Waals surface area contributed by atoms with Crippen molar-refractivity contribution in [1.29, 1.82) is 0 Å². The van der Waals surface area contributed by atoms with Gasteiger partial charge in [-0.2, -0.15) is 0 Å². The summed E-state index contributed by atoms with van der Waals surface area (Å²) in [5.41, 5.74) is 2.41. The molecule has 0 radical (unpaired) electrons. The second-order valence-corrected chi connectivity index (χ2v) is 8.41. The Bertz CT molecular complexity index is 890. The van der Waals surface area contributed by atoms with E-state index in [4.69, 9.17) is 0 Å². The minimum atomic E-state index is -0.352. The Morgan fingerprint density at radius 3 is 2.50 bits per heavy atom. The molecule has 24 heavy (non-hydrogen) atoms. The van der Waals surface area contributed by atoms with Crippen LogP contribution < -0.4 is 5.56 Å². The molecule has 0 saturated heterocycles. The van der Waals surface area contributed by atoms with Crippen molar-refractivity contribution in [2.45, 2.75) is 64.8 Å². The molecule has 1 fully saturated rings. The van der Waals surface area contributed by atoms with E-state index < -0.39 is 0 Å². The molecular weight excluding hydrogens is 303 g/mol. The largest absolute Gasteiger partial charge is 0.279 e. The second-order valence-electron chi connectivity index (χ2n) is 8.41. The summed E-state index contributed by atoms with van der Waals surface area (Å²) in [6, 6.07) is 6.65. The molecule has 2 bridgehead atoms. The first kappa shape index (κ1) is 15.7. The number of para-hydroxylation sites is 1. The van der Waals surface area contributed by atoms with Crippen LogP contribution in [0, 0.1) is 11.2 Å². The molecule has 2 aliphatic rings. The summed E-state index contributed by atoms with van der Waals surface area (Å²) in [5, 5.41) is 0. The Hall–Kier alpha value is -1.84. The molecular formula is C20H25FN2O. The molecule has 128 valence electrons. The highest BCUT2D eigenvalue weighted by Crippen LogP contribution is 2.67. The highest BCUT2D eigenvalue weighted by atomic mass is 19.1. The summed E-state index contributed by atoms with van der Waals surface area (Å²) in [5.74, 6) is -0.0857. The van der Waals surface area contributed by atoms with E-state index in [-0.39, 0.29) is 34.2 Å². The van der Waals surface area contributed by atoms with Crippen LogP contribution >= 0.6 is 0 Å². The number of hydrogen-bond acceptors (Lipinski definition) is 1. The van der Waals surface area contributed by atoms with E-state index in [0.29, 0.717) is 5.69 Å². The highest BCUT2D eigenvalue weighted by molar-refractivity contribution is 5.47. The minimum Gasteiger partial charge on any atom is -0.279 e. The maximum Gasteiger partial charge on any atom is 0.275 e. The molecule has 1 aromatic carbocycles. The lowest BCUT2D eigenvalue weighted by molar-refractivity contribution is 0.212. The van der Waals surface area contributed by atoms with Crippen molar-refractivity contribution < 1.29 is 4.39 Å². The van der Waals surface area contributed by atoms with Crippen molar-refractivity contribution in [1.82, 2.24) is 9.36 Å². The Kier molecular flexibility index (Phi) is 3.02. The maximum atomic E-state index is 14.4. The second kappa shape index (κ2) is 4.62. The molecule has 0 spiro atoms. The van der Waals surface area contributed by atoms with E-state index in [0.717, 1.165) is 24.1 Å². The monoisotopic (exact) mass is 328 g/mol. The third-order valence-corrected chi connectivity index (χ3v) is 6.79. The lowest BCUT2D eigenvalue weighted by atomic mass is 9.70. The number of fused-ring (bicyclic) bond motifs is 5. The number of rotatable bonds is 2. The highest BCUT2D eigenvalue weighted by Gasteiger charge is 2.63. The topological polar surface area (TPSA) is 26.9 Å². The number of halogens is 1. The van der Waals surface area contributed by atoms with Crippen LogP contribution in [0.15, 0.2) is 29.1 Å². The van der Waals surface area contributed by atoms with Crippen molar-refractivity contribution >= 4 is 0 Å². The van der Waals surface area contributed by atoms with Crippen molar-refractivity contribution in [3.63, 3.8) is 0 Å². The molecule has 1 heterocycles. The molecule has 0 aliphatic heterocycles. The fourth-order valence-electron chi connectivity index (χ4n) is 5.17. The standard InChI is InChI=1S/C20H25FN2O/c1-12(2)22-17-16(13-10-11-20(17,5)19(13,3)4)18(24)23(22)15-9-7-6-8-14(15)21/h6-9,12-13H,10-11H2,1-5H3/t13-,20+/m1/s1. The average Bonchev–Trinajstić information content (AvgIpc) is 3.00. The van der Waals surface area contributed by atoms with Crippen LogP contribution in [0.1, 0.15) is 70.7 Å². The van der Waals surface area contributed by atoms with Gasteiger partial charge in [0.25, 0.3) is 5.56 Å². The zero-order valence-corrected chi connectivity index (χ0v) is 15.1. The Morgan fingerprint density at radius 2 is 1.88 bits per heavy atom. The minimum absolute atomic E-state index is 0.0348. The van der Waals surface area contributed by atoms with Gasteiger partial charge in [-0.05, 0) is 50.2 Å². The third kappa shape index (κ3) is 1.59. The Balaban J connectivity index is 2.11. The van der Waals surface area contributed by atoms with Crippen molar-refractivity contribution in [2.75, 3.05) is 0 Å². The molecule has 4 rings (SSSR count). The van der Waals surface area contributed by atoms with Gasteiger partial charge < -0.3 is 0 Å². The lowest BCUT2D eigenvalue weighted by Gasteiger charge is -2.37. The van der Waals surface area contributed by atoms with Gasteiger partial charge in [-0.25, -0.2) is 9.07 Å². The van der Waals surface area contributed by atoms with Crippen molar-refractivity contribution in [3.8, 4) is 5.69 Å². The van der Waals surface area contributed by atoms with Gasteiger partial charge in [0, 0.05) is 17.0 Å². The van der Waals surface area contributed by atoms with Gasteiger partial charge in [0.2, 0.25) is 0 Å². The zero-order chi connectivity index (χ0) is 17.4.